The van der Waals surface area contributed by atoms with Gasteiger partial charge in [-0.3, -0.25) is 14.4 Å². The first-order valence-electron chi connectivity index (χ1n) is 14.0. The average Bonchev–Trinajstić information content (AvgIpc) is 3.43. The van der Waals surface area contributed by atoms with E-state index in [4.69, 9.17) is 9.47 Å². The van der Waals surface area contributed by atoms with Gasteiger partial charge in [0.2, 0.25) is 17.7 Å². The van der Waals surface area contributed by atoms with Crippen LogP contribution in [0.3, 0.4) is 0 Å². The molecular weight excluding hydrogens is 510 g/mol. The number of para-hydroxylation sites is 1. The minimum atomic E-state index is -1.20. The highest BCUT2D eigenvalue weighted by atomic mass is 16.5. The van der Waals surface area contributed by atoms with E-state index in [1.165, 1.54) is 4.90 Å². The smallest absolute Gasteiger partial charge is 0.250 e. The molecule has 0 saturated carbocycles. The van der Waals surface area contributed by atoms with Crippen LogP contribution < -0.4 is 15.4 Å². The second-order valence-electron chi connectivity index (χ2n) is 11.7. The zero-order valence-corrected chi connectivity index (χ0v) is 24.0. The number of hydrogen-bond acceptors (Lipinski definition) is 6. The predicted octanol–water partition coefficient (Wildman–Crippen LogP) is 3.67. The maximum absolute atomic E-state index is 14.2. The number of aliphatic hydroxyl groups is 1. The molecule has 0 aliphatic carbocycles. The van der Waals surface area contributed by atoms with Crippen LogP contribution in [0, 0.1) is 31.6 Å². The molecule has 5 rings (SSSR count). The van der Waals surface area contributed by atoms with Crippen molar-refractivity contribution in [1.82, 2.24) is 4.90 Å². The Morgan fingerprint density at radius 1 is 1.12 bits per heavy atom. The number of aliphatic hydroxyl groups excluding tert-OH is 1. The first kappa shape index (κ1) is 28.1. The van der Waals surface area contributed by atoms with Crippen molar-refractivity contribution in [2.45, 2.75) is 71.2 Å². The van der Waals surface area contributed by atoms with E-state index >= 15 is 0 Å². The molecule has 7 atom stereocenters. The number of hydrogen-bond donors (Lipinski definition) is 3. The SMILES string of the molecule is CCOc1ccc(NC(=O)[C@@H]2[C@H]3C(=O)N([C@H](C)CO)C(C(=O)Nc4c(C)cccc4C)C34CC(C)[C@@]2(C)O4)cc1. The van der Waals surface area contributed by atoms with Crippen LogP contribution in [-0.4, -0.2) is 64.2 Å². The van der Waals surface area contributed by atoms with E-state index < -0.39 is 35.1 Å². The number of aryl methyl sites for hydroxylation is 2. The van der Waals surface area contributed by atoms with E-state index in [-0.39, 0.29) is 30.2 Å². The Morgan fingerprint density at radius 3 is 2.38 bits per heavy atom. The molecule has 3 heterocycles. The van der Waals surface area contributed by atoms with E-state index in [1.54, 1.807) is 31.2 Å². The number of ether oxygens (including phenoxy) is 2. The highest BCUT2D eigenvalue weighted by Gasteiger charge is 2.80. The molecule has 3 amide bonds. The first-order valence-corrected chi connectivity index (χ1v) is 14.0. The number of anilines is 2. The molecule has 3 saturated heterocycles. The molecule has 2 aromatic carbocycles. The summed E-state index contributed by atoms with van der Waals surface area (Å²) in [6.07, 6.45) is 0.451. The van der Waals surface area contributed by atoms with Gasteiger partial charge < -0.3 is 30.1 Å². The number of rotatable bonds is 8. The van der Waals surface area contributed by atoms with Gasteiger partial charge in [-0.15, -0.1) is 0 Å². The third kappa shape index (κ3) is 4.18. The second-order valence-corrected chi connectivity index (χ2v) is 11.7. The Labute approximate surface area is 235 Å². The highest BCUT2D eigenvalue weighted by Crippen LogP contribution is 2.65. The molecule has 9 heteroatoms. The Morgan fingerprint density at radius 2 is 1.77 bits per heavy atom. The summed E-state index contributed by atoms with van der Waals surface area (Å²) in [5, 5.41) is 16.1. The molecule has 40 heavy (non-hydrogen) atoms. The molecule has 3 aliphatic rings. The molecular formula is C31H39N3O6. The number of nitrogens with zero attached hydrogens (tertiary/aromatic N) is 1. The number of likely N-dealkylation sites (tertiary alicyclic amines) is 1. The Bertz CT molecular complexity index is 1310. The van der Waals surface area contributed by atoms with Crippen molar-refractivity contribution < 1.29 is 29.0 Å². The van der Waals surface area contributed by atoms with Crippen LogP contribution in [0.1, 0.15) is 45.2 Å². The third-order valence-corrected chi connectivity index (χ3v) is 9.18. The van der Waals surface area contributed by atoms with E-state index in [0.29, 0.717) is 30.2 Å². The third-order valence-electron chi connectivity index (χ3n) is 9.18. The fourth-order valence-electron chi connectivity index (χ4n) is 7.16. The molecule has 1 spiro atoms. The average molecular weight is 550 g/mol. The quantitative estimate of drug-likeness (QED) is 0.463. The van der Waals surface area contributed by atoms with Crippen molar-refractivity contribution in [3.63, 3.8) is 0 Å². The summed E-state index contributed by atoms with van der Waals surface area (Å²) in [7, 11) is 0. The van der Waals surface area contributed by atoms with Crippen LogP contribution in [0.25, 0.3) is 0 Å². The summed E-state index contributed by atoms with van der Waals surface area (Å²) >= 11 is 0. The van der Waals surface area contributed by atoms with Crippen molar-refractivity contribution in [2.75, 3.05) is 23.8 Å². The van der Waals surface area contributed by atoms with E-state index in [0.717, 1.165) is 11.1 Å². The molecule has 3 fully saturated rings. The highest BCUT2D eigenvalue weighted by molar-refractivity contribution is 6.05. The molecule has 3 aliphatic heterocycles. The maximum atomic E-state index is 14.2. The summed E-state index contributed by atoms with van der Waals surface area (Å²) in [6, 6.07) is 11.2. The molecule has 3 unspecified atom stereocenters. The maximum Gasteiger partial charge on any atom is 0.250 e. The molecule has 3 N–H and O–H groups in total. The van der Waals surface area contributed by atoms with Gasteiger partial charge in [-0.2, -0.15) is 0 Å². The van der Waals surface area contributed by atoms with Crippen LogP contribution in [0.4, 0.5) is 11.4 Å². The largest absolute Gasteiger partial charge is 0.494 e. The lowest BCUT2D eigenvalue weighted by atomic mass is 9.62. The van der Waals surface area contributed by atoms with Gasteiger partial charge in [0.05, 0.1) is 36.7 Å². The van der Waals surface area contributed by atoms with Crippen LogP contribution in [-0.2, 0) is 19.1 Å². The van der Waals surface area contributed by atoms with Gasteiger partial charge >= 0.3 is 0 Å². The number of carbonyl (C=O) groups excluding carboxylic acids is 3. The zero-order valence-electron chi connectivity index (χ0n) is 24.0. The zero-order chi connectivity index (χ0) is 29.0. The molecule has 9 nitrogen and oxygen atoms in total. The number of fused-ring (bicyclic) bond motifs is 1. The standard InChI is InChI=1S/C31H39N3O6/c1-7-39-22-13-11-21(12-14-22)32-27(36)23-24-29(38)34(20(5)16-35)26(31(24)15-19(4)30(23,6)40-31)28(37)33-25-17(2)9-8-10-18(25)3/h8-14,19-20,23-24,26,35H,7,15-16H2,1-6H3,(H,32,36)(H,33,37)/t19?,20-,23+,24+,26?,30-,31?/m1/s1. The monoisotopic (exact) mass is 549 g/mol. The summed E-state index contributed by atoms with van der Waals surface area (Å²) in [6.45, 7) is 11.5. The van der Waals surface area contributed by atoms with Crippen LogP contribution >= 0.6 is 0 Å². The van der Waals surface area contributed by atoms with E-state index in [1.807, 2.05) is 52.8 Å². The van der Waals surface area contributed by atoms with Gasteiger partial charge in [-0.25, -0.2) is 0 Å². The molecule has 0 aromatic heterocycles. The Balaban J connectivity index is 1.52. The van der Waals surface area contributed by atoms with Crippen molar-refractivity contribution >= 4 is 29.1 Å². The predicted molar refractivity (Wildman–Crippen MR) is 151 cm³/mol. The number of carbonyl (C=O) groups is 3. The van der Waals surface area contributed by atoms with Gasteiger partial charge in [0.25, 0.3) is 0 Å². The summed E-state index contributed by atoms with van der Waals surface area (Å²) in [5.41, 5.74) is 0.929. The normalized spacial score (nSPS) is 31.2. The second kappa shape index (κ2) is 10.2. The first-order chi connectivity index (χ1) is 19.0. The number of benzene rings is 2. The van der Waals surface area contributed by atoms with Crippen molar-refractivity contribution in [3.8, 4) is 5.75 Å². The summed E-state index contributed by atoms with van der Waals surface area (Å²) < 4.78 is 12.2. The fourth-order valence-corrected chi connectivity index (χ4v) is 7.16. The van der Waals surface area contributed by atoms with Gasteiger partial charge in [0, 0.05) is 11.4 Å². The van der Waals surface area contributed by atoms with Crippen molar-refractivity contribution in [1.29, 1.82) is 0 Å². The van der Waals surface area contributed by atoms with Gasteiger partial charge in [-0.05, 0) is 82.3 Å². The van der Waals surface area contributed by atoms with Crippen molar-refractivity contribution in [2.24, 2.45) is 17.8 Å². The summed E-state index contributed by atoms with van der Waals surface area (Å²) in [4.78, 5) is 43.6. The molecule has 2 bridgehead atoms. The Kier molecular flexibility index (Phi) is 7.17. The Hall–Kier alpha value is -3.43. The minimum Gasteiger partial charge on any atom is -0.494 e. The van der Waals surface area contributed by atoms with Gasteiger partial charge in [0.1, 0.15) is 17.4 Å². The lowest BCUT2D eigenvalue weighted by Crippen LogP contribution is -2.56. The van der Waals surface area contributed by atoms with Gasteiger partial charge in [0.15, 0.2) is 0 Å². The topological polar surface area (TPSA) is 117 Å². The summed E-state index contributed by atoms with van der Waals surface area (Å²) in [5.74, 6) is -2.12. The number of nitrogens with one attached hydrogen (secondary N) is 2. The number of amides is 3. The fraction of sp³-hybridized carbons (Fsp3) is 0.516. The van der Waals surface area contributed by atoms with E-state index in [2.05, 4.69) is 10.6 Å². The lowest BCUT2D eigenvalue weighted by Gasteiger charge is -2.36. The minimum absolute atomic E-state index is 0.0903. The molecule has 2 aromatic rings. The molecule has 214 valence electrons. The van der Waals surface area contributed by atoms with Crippen LogP contribution in [0.15, 0.2) is 42.5 Å². The molecule has 0 radical (unpaired) electrons. The van der Waals surface area contributed by atoms with E-state index in [9.17, 15) is 19.5 Å². The lowest BCUT2D eigenvalue weighted by molar-refractivity contribution is -0.147. The van der Waals surface area contributed by atoms with Crippen LogP contribution in [0.5, 0.6) is 5.75 Å². The van der Waals surface area contributed by atoms with Crippen molar-refractivity contribution in [3.05, 3.63) is 53.6 Å². The van der Waals surface area contributed by atoms with Gasteiger partial charge in [-0.1, -0.05) is 25.1 Å². The van der Waals surface area contributed by atoms with Crippen LogP contribution in [0.2, 0.25) is 0 Å².